The van der Waals surface area contributed by atoms with Crippen LogP contribution in [0.4, 0.5) is 0 Å². The van der Waals surface area contributed by atoms with Gasteiger partial charge in [-0.05, 0) is 47.5 Å². The number of halogens is 2. The summed E-state index contributed by atoms with van der Waals surface area (Å²) in [6.45, 7) is 4.43. The Morgan fingerprint density at radius 3 is 2.65 bits per heavy atom. The fraction of sp³-hybridized carbons (Fsp3) is 0.167. The Labute approximate surface area is 228 Å². The van der Waals surface area contributed by atoms with Crippen molar-refractivity contribution in [3.05, 3.63) is 116 Å². The van der Waals surface area contributed by atoms with Crippen LogP contribution < -0.4 is 10.3 Å². The molecule has 1 atom stereocenters. The maximum Gasteiger partial charge on any atom is 0.282 e. The van der Waals surface area contributed by atoms with Gasteiger partial charge in [-0.25, -0.2) is 4.98 Å². The lowest BCUT2D eigenvalue weighted by atomic mass is 10.0. The molecule has 0 N–H and O–H groups in total. The van der Waals surface area contributed by atoms with E-state index in [9.17, 15) is 4.79 Å². The first-order valence-electron chi connectivity index (χ1n) is 12.1. The van der Waals surface area contributed by atoms with Gasteiger partial charge in [0.05, 0.1) is 17.1 Å². The quantitative estimate of drug-likeness (QED) is 0.185. The standard InChI is InChI=1S/C30H25BrClN3O2/c1-3-19(2)29-34-27-14-13-22(31)16-24(27)30(36)35(29)33-17-25-23-10-6-4-8-20(23)12-15-28(25)37-18-21-9-5-7-11-26(21)32/h4-17,19H,3,18H2,1-2H3/t19-/m0/s1. The van der Waals surface area contributed by atoms with Gasteiger partial charge in [0.25, 0.3) is 5.56 Å². The minimum absolute atomic E-state index is 0.0429. The first-order valence-corrected chi connectivity index (χ1v) is 13.3. The van der Waals surface area contributed by atoms with Crippen molar-refractivity contribution in [1.29, 1.82) is 0 Å². The third-order valence-electron chi connectivity index (χ3n) is 6.46. The topological polar surface area (TPSA) is 56.5 Å². The van der Waals surface area contributed by atoms with E-state index < -0.39 is 0 Å². The van der Waals surface area contributed by atoms with Crippen LogP contribution in [0.2, 0.25) is 5.02 Å². The second kappa shape index (κ2) is 10.9. The number of ether oxygens (including phenoxy) is 1. The van der Waals surface area contributed by atoms with Gasteiger partial charge < -0.3 is 4.74 Å². The average Bonchev–Trinajstić information content (AvgIpc) is 2.92. The number of hydrogen-bond acceptors (Lipinski definition) is 4. The maximum absolute atomic E-state index is 13.6. The summed E-state index contributed by atoms with van der Waals surface area (Å²) in [5.41, 5.74) is 2.11. The first-order chi connectivity index (χ1) is 18.0. The van der Waals surface area contributed by atoms with Gasteiger partial charge in [0.1, 0.15) is 18.2 Å². The summed E-state index contributed by atoms with van der Waals surface area (Å²) in [5, 5.41) is 7.87. The lowest BCUT2D eigenvalue weighted by Gasteiger charge is -2.15. The Morgan fingerprint density at radius 2 is 1.84 bits per heavy atom. The Morgan fingerprint density at radius 1 is 1.05 bits per heavy atom. The second-order valence-corrected chi connectivity index (χ2v) is 10.2. The van der Waals surface area contributed by atoms with Crippen molar-refractivity contribution >= 4 is 55.4 Å². The van der Waals surface area contributed by atoms with Crippen LogP contribution in [0.5, 0.6) is 5.75 Å². The molecule has 0 saturated carbocycles. The SMILES string of the molecule is CC[C@H](C)c1nc2ccc(Br)cc2c(=O)n1N=Cc1c(OCc2ccccc2Cl)ccc2ccccc12. The minimum Gasteiger partial charge on any atom is -0.488 e. The summed E-state index contributed by atoms with van der Waals surface area (Å²) < 4.78 is 8.46. The van der Waals surface area contributed by atoms with Crippen LogP contribution in [0.15, 0.2) is 93.2 Å². The minimum atomic E-state index is -0.211. The van der Waals surface area contributed by atoms with E-state index in [4.69, 9.17) is 26.4 Å². The van der Waals surface area contributed by atoms with Crippen LogP contribution in [0.1, 0.15) is 43.1 Å². The number of benzene rings is 4. The molecule has 0 aliphatic heterocycles. The Hall–Kier alpha value is -3.48. The predicted octanol–water partition coefficient (Wildman–Crippen LogP) is 7.94. The molecule has 186 valence electrons. The zero-order valence-electron chi connectivity index (χ0n) is 20.5. The zero-order chi connectivity index (χ0) is 25.9. The third kappa shape index (κ3) is 5.17. The molecule has 7 heteroatoms. The van der Waals surface area contributed by atoms with E-state index in [1.807, 2.05) is 72.8 Å². The van der Waals surface area contributed by atoms with Crippen LogP contribution in [0.3, 0.4) is 0 Å². The molecule has 0 amide bonds. The molecular formula is C30H25BrClN3O2. The van der Waals surface area contributed by atoms with Crippen molar-refractivity contribution in [2.75, 3.05) is 0 Å². The van der Waals surface area contributed by atoms with Gasteiger partial charge in [0.2, 0.25) is 0 Å². The number of fused-ring (bicyclic) bond motifs is 2. The molecular weight excluding hydrogens is 550 g/mol. The van der Waals surface area contributed by atoms with Crippen molar-refractivity contribution in [3.63, 3.8) is 0 Å². The van der Waals surface area contributed by atoms with Gasteiger partial charge in [-0.2, -0.15) is 9.78 Å². The molecule has 0 fully saturated rings. The Bertz CT molecular complexity index is 1700. The van der Waals surface area contributed by atoms with Crippen molar-refractivity contribution in [1.82, 2.24) is 9.66 Å². The predicted molar refractivity (Wildman–Crippen MR) is 155 cm³/mol. The fourth-order valence-corrected chi connectivity index (χ4v) is 4.75. The molecule has 0 radical (unpaired) electrons. The highest BCUT2D eigenvalue weighted by molar-refractivity contribution is 9.10. The van der Waals surface area contributed by atoms with Crippen molar-refractivity contribution in [3.8, 4) is 5.75 Å². The fourth-order valence-electron chi connectivity index (χ4n) is 4.20. The second-order valence-electron chi connectivity index (χ2n) is 8.88. The normalized spacial score (nSPS) is 12.4. The molecule has 0 bridgehead atoms. The highest BCUT2D eigenvalue weighted by atomic mass is 79.9. The Kier molecular flexibility index (Phi) is 7.40. The third-order valence-corrected chi connectivity index (χ3v) is 7.32. The summed E-state index contributed by atoms with van der Waals surface area (Å²) in [4.78, 5) is 18.4. The lowest BCUT2D eigenvalue weighted by Crippen LogP contribution is -2.23. The van der Waals surface area contributed by atoms with Gasteiger partial charge in [-0.3, -0.25) is 4.79 Å². The molecule has 37 heavy (non-hydrogen) atoms. The van der Waals surface area contributed by atoms with Crippen LogP contribution in [0, 0.1) is 0 Å². The van der Waals surface area contributed by atoms with Gasteiger partial charge in [-0.15, -0.1) is 0 Å². The molecule has 0 spiro atoms. The maximum atomic E-state index is 13.6. The highest BCUT2D eigenvalue weighted by Gasteiger charge is 2.16. The monoisotopic (exact) mass is 573 g/mol. The largest absolute Gasteiger partial charge is 0.488 e. The van der Waals surface area contributed by atoms with E-state index in [0.29, 0.717) is 34.1 Å². The lowest BCUT2D eigenvalue weighted by molar-refractivity contribution is 0.306. The van der Waals surface area contributed by atoms with Gasteiger partial charge in [0.15, 0.2) is 0 Å². The number of nitrogens with zero attached hydrogens (tertiary/aromatic N) is 3. The summed E-state index contributed by atoms with van der Waals surface area (Å²) in [5.74, 6) is 1.32. The molecule has 0 saturated heterocycles. The molecule has 0 aliphatic rings. The summed E-state index contributed by atoms with van der Waals surface area (Å²) in [6, 6.07) is 25.1. The van der Waals surface area contributed by atoms with E-state index in [1.165, 1.54) is 4.68 Å². The van der Waals surface area contributed by atoms with Crippen LogP contribution >= 0.6 is 27.5 Å². The van der Waals surface area contributed by atoms with Crippen LogP contribution in [0.25, 0.3) is 21.7 Å². The Balaban J connectivity index is 1.64. The molecule has 5 aromatic rings. The van der Waals surface area contributed by atoms with Gasteiger partial charge in [0, 0.05) is 26.5 Å². The van der Waals surface area contributed by atoms with E-state index in [-0.39, 0.29) is 11.5 Å². The molecule has 0 aliphatic carbocycles. The molecule has 4 aromatic carbocycles. The first kappa shape index (κ1) is 25.2. The zero-order valence-corrected chi connectivity index (χ0v) is 22.8. The summed E-state index contributed by atoms with van der Waals surface area (Å²) >= 11 is 9.81. The molecule has 1 heterocycles. The van der Waals surface area contributed by atoms with E-state index in [1.54, 1.807) is 12.3 Å². The van der Waals surface area contributed by atoms with Crippen LogP contribution in [-0.4, -0.2) is 15.9 Å². The molecule has 1 aromatic heterocycles. The van der Waals surface area contributed by atoms with E-state index in [2.05, 4.69) is 29.8 Å². The van der Waals surface area contributed by atoms with Crippen molar-refractivity contribution in [2.24, 2.45) is 5.10 Å². The average molecular weight is 575 g/mol. The molecule has 5 nitrogen and oxygen atoms in total. The van der Waals surface area contributed by atoms with Crippen LogP contribution in [-0.2, 0) is 6.61 Å². The summed E-state index contributed by atoms with van der Waals surface area (Å²) in [6.07, 6.45) is 2.52. The number of hydrogen-bond donors (Lipinski definition) is 0. The smallest absolute Gasteiger partial charge is 0.282 e. The highest BCUT2D eigenvalue weighted by Crippen LogP contribution is 2.29. The van der Waals surface area contributed by atoms with Crippen molar-refractivity contribution in [2.45, 2.75) is 32.8 Å². The molecule has 0 unspecified atom stereocenters. The van der Waals surface area contributed by atoms with E-state index in [0.717, 1.165) is 32.8 Å². The van der Waals surface area contributed by atoms with E-state index >= 15 is 0 Å². The number of rotatable bonds is 7. The van der Waals surface area contributed by atoms with Crippen molar-refractivity contribution < 1.29 is 4.74 Å². The summed E-state index contributed by atoms with van der Waals surface area (Å²) in [7, 11) is 0. The van der Waals surface area contributed by atoms with Gasteiger partial charge in [-0.1, -0.05) is 89.9 Å². The molecule has 5 rings (SSSR count). The van der Waals surface area contributed by atoms with Gasteiger partial charge >= 0.3 is 0 Å². The number of aromatic nitrogens is 2.